The summed E-state index contributed by atoms with van der Waals surface area (Å²) >= 11 is 0. The maximum atomic E-state index is 10.7. The van der Waals surface area contributed by atoms with E-state index in [2.05, 4.69) is 55.4 Å². The summed E-state index contributed by atoms with van der Waals surface area (Å²) in [5.74, 6) is 3.02. The molecule has 5 fully saturated rings. The largest absolute Gasteiger partial charge is 0.393 e. The van der Waals surface area contributed by atoms with Gasteiger partial charge in [0.1, 0.15) is 0 Å². The normalized spacial score (nSPS) is 60.9. The Balaban J connectivity index is 1.54. The van der Waals surface area contributed by atoms with Gasteiger partial charge in [0.2, 0.25) is 0 Å². The van der Waals surface area contributed by atoms with Crippen molar-refractivity contribution in [2.75, 3.05) is 0 Å². The van der Waals surface area contributed by atoms with E-state index >= 15 is 0 Å². The minimum Gasteiger partial charge on any atom is -0.393 e. The second kappa shape index (κ2) is 6.55. The average molecular weight is 429 g/mol. The van der Waals surface area contributed by atoms with Gasteiger partial charge < -0.3 is 5.11 Å². The van der Waals surface area contributed by atoms with E-state index in [0.29, 0.717) is 38.4 Å². The molecule has 1 N–H and O–H groups in total. The molecule has 0 saturated heterocycles. The molecule has 1 heteroatoms. The van der Waals surface area contributed by atoms with E-state index in [1.807, 2.05) is 0 Å². The first-order valence-corrected chi connectivity index (χ1v) is 13.9. The van der Waals surface area contributed by atoms with Crippen LogP contribution < -0.4 is 0 Å². The van der Waals surface area contributed by atoms with E-state index in [1.54, 1.807) is 0 Å². The van der Waals surface area contributed by atoms with Crippen LogP contribution in [0.15, 0.2) is 0 Å². The van der Waals surface area contributed by atoms with Gasteiger partial charge in [-0.2, -0.15) is 0 Å². The van der Waals surface area contributed by atoms with E-state index in [4.69, 9.17) is 0 Å². The van der Waals surface area contributed by atoms with Crippen molar-refractivity contribution in [3.05, 3.63) is 0 Å². The minimum atomic E-state index is -0.0781. The molecule has 5 rings (SSSR count). The molecule has 31 heavy (non-hydrogen) atoms. The Labute approximate surface area is 193 Å². The van der Waals surface area contributed by atoms with Crippen LogP contribution in [0.4, 0.5) is 0 Å². The predicted molar refractivity (Wildman–Crippen MR) is 131 cm³/mol. The molecule has 0 radical (unpaired) electrons. The number of aliphatic hydroxyl groups excluding tert-OH is 1. The lowest BCUT2D eigenvalue weighted by molar-refractivity contribution is -0.263. The molecule has 0 amide bonds. The zero-order valence-corrected chi connectivity index (χ0v) is 22.1. The summed E-state index contributed by atoms with van der Waals surface area (Å²) in [6.07, 6.45) is 15.1. The van der Waals surface area contributed by atoms with Crippen molar-refractivity contribution in [1.82, 2.24) is 0 Å². The number of fused-ring (bicyclic) bond motifs is 7. The molecule has 0 spiro atoms. The van der Waals surface area contributed by atoms with Crippen LogP contribution in [0.1, 0.15) is 126 Å². The van der Waals surface area contributed by atoms with Crippen LogP contribution in [-0.4, -0.2) is 11.2 Å². The van der Waals surface area contributed by atoms with Gasteiger partial charge >= 0.3 is 0 Å². The third-order valence-electron chi connectivity index (χ3n) is 13.9. The van der Waals surface area contributed by atoms with Crippen LogP contribution in [0.5, 0.6) is 0 Å². The lowest BCUT2D eigenvalue weighted by atomic mass is 9.30. The van der Waals surface area contributed by atoms with Crippen LogP contribution >= 0.6 is 0 Å². The summed E-state index contributed by atoms with van der Waals surface area (Å²) in [5, 5.41) is 10.7. The Hall–Kier alpha value is -0.0400. The van der Waals surface area contributed by atoms with Crippen LogP contribution in [0, 0.1) is 56.2 Å². The lowest BCUT2D eigenvalue weighted by Crippen LogP contribution is -2.67. The highest BCUT2D eigenvalue weighted by Crippen LogP contribution is 2.78. The van der Waals surface area contributed by atoms with Crippen molar-refractivity contribution in [2.45, 2.75) is 132 Å². The van der Waals surface area contributed by atoms with E-state index in [-0.39, 0.29) is 6.10 Å². The Morgan fingerprint density at radius 1 is 0.581 bits per heavy atom. The van der Waals surface area contributed by atoms with Gasteiger partial charge in [-0.3, -0.25) is 0 Å². The van der Waals surface area contributed by atoms with Crippen LogP contribution in [-0.2, 0) is 0 Å². The van der Waals surface area contributed by atoms with Gasteiger partial charge in [0, 0.05) is 0 Å². The molecular weight excluding hydrogens is 376 g/mol. The molecule has 5 aliphatic carbocycles. The zero-order valence-electron chi connectivity index (χ0n) is 22.1. The number of hydrogen-bond donors (Lipinski definition) is 1. The molecule has 0 aromatic carbocycles. The van der Waals surface area contributed by atoms with Crippen molar-refractivity contribution in [1.29, 1.82) is 0 Å². The van der Waals surface area contributed by atoms with Crippen molar-refractivity contribution < 1.29 is 5.11 Å². The summed E-state index contributed by atoms with van der Waals surface area (Å²) in [6, 6.07) is 0. The monoisotopic (exact) mass is 428 g/mol. The summed E-state index contributed by atoms with van der Waals surface area (Å²) in [7, 11) is 0. The summed E-state index contributed by atoms with van der Waals surface area (Å²) < 4.78 is 0. The maximum absolute atomic E-state index is 10.7. The fraction of sp³-hybridized carbons (Fsp3) is 1.00. The molecule has 0 aromatic rings. The number of hydrogen-bond acceptors (Lipinski definition) is 1. The first-order chi connectivity index (χ1) is 14.2. The lowest BCUT2D eigenvalue weighted by Gasteiger charge is -2.75. The van der Waals surface area contributed by atoms with Crippen molar-refractivity contribution >= 4 is 0 Å². The van der Waals surface area contributed by atoms with Crippen LogP contribution in [0.25, 0.3) is 0 Å². The van der Waals surface area contributed by atoms with Crippen LogP contribution in [0.3, 0.4) is 0 Å². The van der Waals surface area contributed by atoms with Gasteiger partial charge in [-0.05, 0) is 127 Å². The molecule has 5 aliphatic rings. The molecule has 0 aliphatic heterocycles. The fourth-order valence-corrected chi connectivity index (χ4v) is 11.4. The van der Waals surface area contributed by atoms with E-state index in [9.17, 15) is 5.11 Å². The second-order valence-corrected chi connectivity index (χ2v) is 15.5. The van der Waals surface area contributed by atoms with E-state index < -0.39 is 0 Å². The smallest absolute Gasteiger partial charge is 0.0571 e. The molecular formula is C30H52O. The van der Waals surface area contributed by atoms with Gasteiger partial charge in [-0.15, -0.1) is 0 Å². The maximum Gasteiger partial charge on any atom is 0.0571 e. The molecule has 0 unspecified atom stereocenters. The minimum absolute atomic E-state index is 0.0781. The summed E-state index contributed by atoms with van der Waals surface area (Å²) in [4.78, 5) is 0. The van der Waals surface area contributed by atoms with Gasteiger partial charge in [0.05, 0.1) is 6.10 Å². The molecule has 0 aromatic heterocycles. The quantitative estimate of drug-likeness (QED) is 0.412. The zero-order chi connectivity index (χ0) is 22.7. The molecule has 0 bridgehead atoms. The van der Waals surface area contributed by atoms with Gasteiger partial charge in [-0.1, -0.05) is 55.4 Å². The Morgan fingerprint density at radius 2 is 1.19 bits per heavy atom. The van der Waals surface area contributed by atoms with Crippen molar-refractivity contribution in [2.24, 2.45) is 56.2 Å². The van der Waals surface area contributed by atoms with Gasteiger partial charge in [-0.25, -0.2) is 0 Å². The van der Waals surface area contributed by atoms with Crippen molar-refractivity contribution in [3.63, 3.8) is 0 Å². The molecule has 1 nitrogen and oxygen atoms in total. The van der Waals surface area contributed by atoms with E-state index in [0.717, 1.165) is 24.2 Å². The molecule has 10 atom stereocenters. The summed E-state index contributed by atoms with van der Waals surface area (Å²) in [6.45, 7) is 20.9. The highest BCUT2D eigenvalue weighted by Gasteiger charge is 2.70. The number of rotatable bonds is 0. The second-order valence-electron chi connectivity index (χ2n) is 15.5. The topological polar surface area (TPSA) is 20.2 Å². The Morgan fingerprint density at radius 3 is 1.90 bits per heavy atom. The van der Waals surface area contributed by atoms with Gasteiger partial charge in [0.15, 0.2) is 0 Å². The fourth-order valence-electron chi connectivity index (χ4n) is 11.4. The summed E-state index contributed by atoms with van der Waals surface area (Å²) in [5.41, 5.74) is 2.88. The SMILES string of the molecule is C[C@H]1[C@@H](O)CC[C@@H]2[C@@]3(C)CC[C@@]4(C)[C@H]5CC(C)(C)CC[C@]5(C)CC[C@@]4(C)[C@@H]3CC[C@]21C. The first-order valence-electron chi connectivity index (χ1n) is 13.9. The predicted octanol–water partition coefficient (Wildman–Crippen LogP) is 8.25. The van der Waals surface area contributed by atoms with E-state index in [1.165, 1.54) is 64.2 Å². The molecule has 178 valence electrons. The number of aliphatic hydroxyl groups is 1. The average Bonchev–Trinajstić information content (AvgIpc) is 2.69. The van der Waals surface area contributed by atoms with Gasteiger partial charge in [0.25, 0.3) is 0 Å². The standard InChI is InChI=1S/C30H52O/c1-20-21(31)9-10-22-27(20,5)12-11-23-28(22,6)16-18-30(8)24-19-25(2,3)13-14-26(24,4)15-17-29(23,30)7/h20-24,31H,9-19H2,1-8H3/t20-,21-,22-,23+,24-,26+,27-,28+,29-,30-/m0/s1. The third-order valence-corrected chi connectivity index (χ3v) is 13.9. The highest BCUT2D eigenvalue weighted by atomic mass is 16.3. The molecule has 5 saturated carbocycles. The first kappa shape index (κ1) is 22.7. The third kappa shape index (κ3) is 2.77. The Kier molecular flexibility index (Phi) is 4.80. The molecule has 0 heterocycles. The van der Waals surface area contributed by atoms with Crippen molar-refractivity contribution in [3.8, 4) is 0 Å². The Bertz CT molecular complexity index is 741. The van der Waals surface area contributed by atoms with Crippen LogP contribution in [0.2, 0.25) is 0 Å². The highest BCUT2D eigenvalue weighted by molar-refractivity contribution is 5.19.